The molecule has 1 N–H and O–H groups in total. The molecule has 2 aromatic heterocycles. The van der Waals surface area contributed by atoms with Crippen LogP contribution in [0.1, 0.15) is 51.2 Å². The molecule has 0 amide bonds. The largest absolute Gasteiger partial charge is 0.330 e. The molecule has 0 spiro atoms. The fourth-order valence-corrected chi connectivity index (χ4v) is 2.31. The van der Waals surface area contributed by atoms with Crippen molar-refractivity contribution in [2.24, 2.45) is 0 Å². The minimum absolute atomic E-state index is 0.104. The van der Waals surface area contributed by atoms with Crippen molar-refractivity contribution >= 4 is 0 Å². The first-order chi connectivity index (χ1) is 9.53. The molecule has 0 aromatic carbocycles. The molecule has 108 valence electrons. The Balaban J connectivity index is 1.71. The summed E-state index contributed by atoms with van der Waals surface area (Å²) in [5.74, 6) is 1.07. The summed E-state index contributed by atoms with van der Waals surface area (Å²) in [5.41, 5.74) is 1.37. The maximum Gasteiger partial charge on any atom is 0.123 e. The van der Waals surface area contributed by atoms with E-state index in [4.69, 9.17) is 0 Å². The molecule has 1 aliphatic rings. The molecule has 5 heteroatoms. The SMILES string of the molecule is CC(C)(C)NCc1nccn1Cc1cncn1C1CC1. The first-order valence-corrected chi connectivity index (χ1v) is 7.29. The molecule has 1 aliphatic carbocycles. The highest BCUT2D eigenvalue weighted by molar-refractivity contribution is 5.06. The highest BCUT2D eigenvalue weighted by atomic mass is 15.2. The van der Waals surface area contributed by atoms with Gasteiger partial charge in [0.05, 0.1) is 25.1 Å². The van der Waals surface area contributed by atoms with Crippen molar-refractivity contribution < 1.29 is 0 Å². The molecule has 2 heterocycles. The van der Waals surface area contributed by atoms with Crippen molar-refractivity contribution in [1.82, 2.24) is 24.4 Å². The second kappa shape index (κ2) is 5.05. The Morgan fingerprint density at radius 3 is 2.85 bits per heavy atom. The third kappa shape index (κ3) is 3.10. The van der Waals surface area contributed by atoms with Crippen LogP contribution < -0.4 is 5.32 Å². The maximum atomic E-state index is 4.46. The molecule has 20 heavy (non-hydrogen) atoms. The van der Waals surface area contributed by atoms with Crippen LogP contribution >= 0.6 is 0 Å². The lowest BCUT2D eigenvalue weighted by Crippen LogP contribution is -2.36. The monoisotopic (exact) mass is 273 g/mol. The van der Waals surface area contributed by atoms with Crippen LogP contribution in [0.5, 0.6) is 0 Å². The van der Waals surface area contributed by atoms with Crippen LogP contribution in [0.15, 0.2) is 24.9 Å². The molecule has 0 bridgehead atoms. The molecule has 5 nitrogen and oxygen atoms in total. The van der Waals surface area contributed by atoms with Gasteiger partial charge in [0.15, 0.2) is 0 Å². The Morgan fingerprint density at radius 1 is 1.35 bits per heavy atom. The number of imidazole rings is 2. The van der Waals surface area contributed by atoms with E-state index in [1.165, 1.54) is 18.5 Å². The van der Waals surface area contributed by atoms with Gasteiger partial charge in [-0.25, -0.2) is 9.97 Å². The Kier molecular flexibility index (Phi) is 3.38. The van der Waals surface area contributed by atoms with Crippen LogP contribution in [0, 0.1) is 0 Å². The van der Waals surface area contributed by atoms with Gasteiger partial charge < -0.3 is 14.5 Å². The quantitative estimate of drug-likeness (QED) is 0.909. The Hall–Kier alpha value is -1.62. The first kappa shape index (κ1) is 13.4. The van der Waals surface area contributed by atoms with E-state index in [9.17, 15) is 0 Å². The van der Waals surface area contributed by atoms with Gasteiger partial charge in [-0.2, -0.15) is 0 Å². The van der Waals surface area contributed by atoms with E-state index in [1.807, 2.05) is 24.9 Å². The summed E-state index contributed by atoms with van der Waals surface area (Å²) in [6, 6.07) is 0.673. The third-order valence-electron chi connectivity index (χ3n) is 3.60. The van der Waals surface area contributed by atoms with Gasteiger partial charge in [0, 0.05) is 30.2 Å². The average molecular weight is 273 g/mol. The maximum absolute atomic E-state index is 4.46. The van der Waals surface area contributed by atoms with Gasteiger partial charge in [0.1, 0.15) is 5.82 Å². The fraction of sp³-hybridized carbons (Fsp3) is 0.600. The van der Waals surface area contributed by atoms with Gasteiger partial charge in [0.2, 0.25) is 0 Å². The molecular formula is C15H23N5. The first-order valence-electron chi connectivity index (χ1n) is 7.29. The lowest BCUT2D eigenvalue weighted by Gasteiger charge is -2.20. The number of nitrogens with one attached hydrogen (secondary N) is 1. The highest BCUT2D eigenvalue weighted by Gasteiger charge is 2.25. The number of rotatable bonds is 5. The molecule has 0 radical (unpaired) electrons. The third-order valence-corrected chi connectivity index (χ3v) is 3.60. The second-order valence-electron chi connectivity index (χ2n) is 6.60. The van der Waals surface area contributed by atoms with Crippen LogP contribution in [0.2, 0.25) is 0 Å². The lowest BCUT2D eigenvalue weighted by atomic mass is 10.1. The van der Waals surface area contributed by atoms with Gasteiger partial charge in [-0.1, -0.05) is 0 Å². The summed E-state index contributed by atoms with van der Waals surface area (Å²) in [7, 11) is 0. The van der Waals surface area contributed by atoms with E-state index in [0.29, 0.717) is 6.04 Å². The predicted octanol–water partition coefficient (Wildman–Crippen LogP) is 2.35. The molecule has 2 aromatic rings. The zero-order chi connectivity index (χ0) is 14.2. The van der Waals surface area contributed by atoms with E-state index in [-0.39, 0.29) is 5.54 Å². The van der Waals surface area contributed by atoms with Crippen molar-refractivity contribution in [2.45, 2.75) is 58.3 Å². The lowest BCUT2D eigenvalue weighted by molar-refractivity contribution is 0.412. The van der Waals surface area contributed by atoms with E-state index >= 15 is 0 Å². The Labute approximate surface area is 120 Å². The number of aromatic nitrogens is 4. The predicted molar refractivity (Wildman–Crippen MR) is 78.4 cm³/mol. The molecule has 3 rings (SSSR count). The summed E-state index contributed by atoms with van der Waals surface area (Å²) >= 11 is 0. The molecule has 0 unspecified atom stereocenters. The minimum Gasteiger partial charge on any atom is -0.330 e. The molecular weight excluding hydrogens is 250 g/mol. The normalized spacial score (nSPS) is 15.8. The highest BCUT2D eigenvalue weighted by Crippen LogP contribution is 2.35. The van der Waals surface area contributed by atoms with Gasteiger partial charge in [-0.3, -0.25) is 0 Å². The standard InChI is InChI=1S/C15H23N5/c1-15(2,3)18-9-14-17-6-7-19(14)10-13-8-16-11-20(13)12-4-5-12/h6-8,11-12,18H,4-5,9-10H2,1-3H3. The van der Waals surface area contributed by atoms with Crippen LogP contribution in [-0.2, 0) is 13.1 Å². The van der Waals surface area contributed by atoms with Gasteiger partial charge in [0.25, 0.3) is 0 Å². The smallest absolute Gasteiger partial charge is 0.123 e. The van der Waals surface area contributed by atoms with Crippen LogP contribution in [0.3, 0.4) is 0 Å². The van der Waals surface area contributed by atoms with Crippen molar-refractivity contribution in [3.8, 4) is 0 Å². The van der Waals surface area contributed by atoms with Gasteiger partial charge >= 0.3 is 0 Å². The van der Waals surface area contributed by atoms with Crippen molar-refractivity contribution in [2.75, 3.05) is 0 Å². The summed E-state index contributed by atoms with van der Waals surface area (Å²) in [6.07, 6.45) is 10.4. The van der Waals surface area contributed by atoms with E-state index in [1.54, 1.807) is 0 Å². The topological polar surface area (TPSA) is 47.7 Å². The Morgan fingerprint density at radius 2 is 2.15 bits per heavy atom. The molecule has 0 atom stereocenters. The second-order valence-corrected chi connectivity index (χ2v) is 6.60. The summed E-state index contributed by atoms with van der Waals surface area (Å²) < 4.78 is 4.51. The number of hydrogen-bond donors (Lipinski definition) is 1. The van der Waals surface area contributed by atoms with Crippen LogP contribution in [-0.4, -0.2) is 24.6 Å². The molecule has 0 aliphatic heterocycles. The minimum atomic E-state index is 0.104. The van der Waals surface area contributed by atoms with Crippen LogP contribution in [0.25, 0.3) is 0 Å². The van der Waals surface area contributed by atoms with Gasteiger partial charge in [-0.15, -0.1) is 0 Å². The molecule has 0 saturated heterocycles. The van der Waals surface area contributed by atoms with E-state index < -0.39 is 0 Å². The number of nitrogens with zero attached hydrogens (tertiary/aromatic N) is 4. The fourth-order valence-electron chi connectivity index (χ4n) is 2.31. The Bertz CT molecular complexity index is 571. The van der Waals surface area contributed by atoms with Crippen molar-refractivity contribution in [3.63, 3.8) is 0 Å². The summed E-state index contributed by atoms with van der Waals surface area (Å²) in [4.78, 5) is 8.75. The van der Waals surface area contributed by atoms with Gasteiger partial charge in [-0.05, 0) is 33.6 Å². The summed E-state index contributed by atoms with van der Waals surface area (Å²) in [6.45, 7) is 8.14. The zero-order valence-electron chi connectivity index (χ0n) is 12.5. The zero-order valence-corrected chi connectivity index (χ0v) is 12.5. The van der Waals surface area contributed by atoms with E-state index in [2.05, 4.69) is 45.2 Å². The van der Waals surface area contributed by atoms with Crippen molar-refractivity contribution in [3.05, 3.63) is 36.4 Å². The van der Waals surface area contributed by atoms with E-state index in [0.717, 1.165) is 18.9 Å². The summed E-state index contributed by atoms with van der Waals surface area (Å²) in [5, 5.41) is 3.49. The van der Waals surface area contributed by atoms with Crippen LogP contribution in [0.4, 0.5) is 0 Å². The molecule has 1 saturated carbocycles. The number of hydrogen-bond acceptors (Lipinski definition) is 3. The molecule has 1 fully saturated rings. The van der Waals surface area contributed by atoms with Crippen molar-refractivity contribution in [1.29, 1.82) is 0 Å². The average Bonchev–Trinajstić information content (AvgIpc) is 2.95.